The van der Waals surface area contributed by atoms with E-state index in [0.29, 0.717) is 6.54 Å². The van der Waals surface area contributed by atoms with E-state index in [1.807, 2.05) is 6.26 Å². The smallest absolute Gasteiger partial charge is 0.243 e. The number of nitrogens with two attached hydrogens (primary N) is 1. The minimum Gasteiger partial charge on any atom is -0.292 e. The van der Waals surface area contributed by atoms with Gasteiger partial charge in [-0.15, -0.1) is 0 Å². The van der Waals surface area contributed by atoms with Crippen molar-refractivity contribution in [3.63, 3.8) is 0 Å². The van der Waals surface area contributed by atoms with Crippen molar-refractivity contribution < 1.29 is 8.42 Å². The van der Waals surface area contributed by atoms with Gasteiger partial charge in [0.05, 0.1) is 12.4 Å². The molecule has 1 fully saturated rings. The summed E-state index contributed by atoms with van der Waals surface area (Å²) in [6.45, 7) is 0.438. The number of hydrogen-bond acceptors (Lipinski definition) is 7. The first-order valence-corrected chi connectivity index (χ1v) is 8.06. The van der Waals surface area contributed by atoms with E-state index in [1.165, 1.54) is 12.4 Å². The molecule has 0 bridgehead atoms. The molecule has 9 heteroatoms. The summed E-state index contributed by atoms with van der Waals surface area (Å²) in [4.78, 5) is 7.58. The van der Waals surface area contributed by atoms with Crippen molar-refractivity contribution in [3.8, 4) is 0 Å². The van der Waals surface area contributed by atoms with Crippen molar-refractivity contribution in [2.75, 3.05) is 18.2 Å². The van der Waals surface area contributed by atoms with Gasteiger partial charge >= 0.3 is 0 Å². The van der Waals surface area contributed by atoms with Crippen LogP contribution in [0.3, 0.4) is 0 Å². The van der Waals surface area contributed by atoms with E-state index in [4.69, 9.17) is 5.84 Å². The zero-order valence-corrected chi connectivity index (χ0v) is 11.5. The van der Waals surface area contributed by atoms with Gasteiger partial charge in [-0.25, -0.2) is 29.0 Å². The number of hydrazine groups is 1. The summed E-state index contributed by atoms with van der Waals surface area (Å²) in [5.74, 6) is 5.29. The minimum absolute atomic E-state index is 0.0402. The van der Waals surface area contributed by atoms with Crippen molar-refractivity contribution in [2.24, 2.45) is 5.84 Å². The average Bonchev–Trinajstić information content (AvgIpc) is 3.17. The highest BCUT2D eigenvalue weighted by atomic mass is 32.2. The topological polar surface area (TPSA) is 110 Å². The Balaban J connectivity index is 2.05. The molecule has 0 atom stereocenters. The Morgan fingerprint density at radius 1 is 1.44 bits per heavy atom. The number of nitrogens with one attached hydrogen (secondary N) is 2. The van der Waals surface area contributed by atoms with E-state index in [1.54, 1.807) is 11.8 Å². The number of nitrogen functional groups attached to an aromatic ring is 1. The molecule has 1 aromatic heterocycles. The molecule has 0 spiro atoms. The molecule has 0 saturated heterocycles. The number of anilines is 1. The van der Waals surface area contributed by atoms with E-state index in [0.717, 1.165) is 12.8 Å². The van der Waals surface area contributed by atoms with Gasteiger partial charge in [-0.05, 0) is 19.1 Å². The second-order valence-electron chi connectivity index (χ2n) is 4.10. The van der Waals surface area contributed by atoms with Gasteiger partial charge in [-0.3, -0.25) is 5.43 Å². The maximum absolute atomic E-state index is 12.0. The van der Waals surface area contributed by atoms with Gasteiger partial charge in [0.1, 0.15) is 4.90 Å². The Kier molecular flexibility index (Phi) is 3.76. The molecule has 4 N–H and O–H groups in total. The van der Waals surface area contributed by atoms with Crippen molar-refractivity contribution in [1.29, 1.82) is 0 Å². The monoisotopic (exact) mass is 289 g/mol. The van der Waals surface area contributed by atoms with Crippen LogP contribution in [0.1, 0.15) is 12.8 Å². The first-order valence-electron chi connectivity index (χ1n) is 5.35. The third-order valence-electron chi connectivity index (χ3n) is 2.89. The van der Waals surface area contributed by atoms with Crippen LogP contribution >= 0.6 is 11.8 Å². The third kappa shape index (κ3) is 2.91. The lowest BCUT2D eigenvalue weighted by atomic mass is 10.4. The zero-order valence-electron chi connectivity index (χ0n) is 9.88. The Morgan fingerprint density at radius 3 is 2.50 bits per heavy atom. The van der Waals surface area contributed by atoms with E-state index in [2.05, 4.69) is 20.1 Å². The lowest BCUT2D eigenvalue weighted by molar-refractivity contribution is 0.579. The fourth-order valence-electron chi connectivity index (χ4n) is 1.43. The number of nitrogens with zero attached hydrogens (tertiary/aromatic N) is 2. The molecular formula is C9H15N5O2S2. The van der Waals surface area contributed by atoms with Crippen LogP contribution in [0.4, 0.5) is 5.95 Å². The van der Waals surface area contributed by atoms with Crippen LogP contribution in [0, 0.1) is 0 Å². The zero-order chi connectivity index (χ0) is 13.2. The maximum Gasteiger partial charge on any atom is 0.243 e. The summed E-state index contributed by atoms with van der Waals surface area (Å²) in [5.41, 5.74) is 2.24. The van der Waals surface area contributed by atoms with Crippen molar-refractivity contribution in [2.45, 2.75) is 22.5 Å². The minimum atomic E-state index is -3.55. The second kappa shape index (κ2) is 5.00. The highest BCUT2D eigenvalue weighted by Crippen LogP contribution is 2.46. The largest absolute Gasteiger partial charge is 0.292 e. The highest BCUT2D eigenvalue weighted by Gasteiger charge is 2.42. The van der Waals surface area contributed by atoms with E-state index < -0.39 is 10.0 Å². The van der Waals surface area contributed by atoms with Gasteiger partial charge in [0.25, 0.3) is 0 Å². The lowest BCUT2D eigenvalue weighted by Gasteiger charge is -2.13. The maximum atomic E-state index is 12.0. The van der Waals surface area contributed by atoms with E-state index in [-0.39, 0.29) is 15.6 Å². The first-order chi connectivity index (χ1) is 8.51. The quantitative estimate of drug-likeness (QED) is 0.497. The Labute approximate surface area is 110 Å². The van der Waals surface area contributed by atoms with Gasteiger partial charge < -0.3 is 0 Å². The summed E-state index contributed by atoms with van der Waals surface area (Å²) in [6.07, 6.45) is 6.53. The van der Waals surface area contributed by atoms with Crippen molar-refractivity contribution in [1.82, 2.24) is 14.7 Å². The van der Waals surface area contributed by atoms with E-state index in [9.17, 15) is 8.42 Å². The first kappa shape index (κ1) is 13.5. The molecular weight excluding hydrogens is 274 g/mol. The molecule has 1 aliphatic rings. The summed E-state index contributed by atoms with van der Waals surface area (Å²) in [7, 11) is -3.55. The van der Waals surface area contributed by atoms with Crippen molar-refractivity contribution in [3.05, 3.63) is 12.4 Å². The van der Waals surface area contributed by atoms with Gasteiger partial charge in [-0.2, -0.15) is 11.8 Å². The molecule has 7 nitrogen and oxygen atoms in total. The number of thioether (sulfide) groups is 1. The lowest BCUT2D eigenvalue weighted by Crippen LogP contribution is -2.32. The third-order valence-corrected chi connectivity index (χ3v) is 5.67. The highest BCUT2D eigenvalue weighted by molar-refractivity contribution is 8.00. The number of aromatic nitrogens is 2. The summed E-state index contributed by atoms with van der Waals surface area (Å²) in [6, 6.07) is 0. The Hall–Kier alpha value is -0.900. The fraction of sp³-hybridized carbons (Fsp3) is 0.556. The van der Waals surface area contributed by atoms with Crippen LogP contribution in [-0.2, 0) is 10.0 Å². The molecule has 1 saturated carbocycles. The van der Waals surface area contributed by atoms with Gasteiger partial charge in [0.15, 0.2) is 0 Å². The molecule has 100 valence electrons. The standard InChI is InChI=1S/C9H15N5O2S2/c1-17-9(2-3-9)6-13-18(15,16)7-4-11-8(14-10)12-5-7/h4-5,13H,2-3,6,10H2,1H3,(H,11,12,14). The number of rotatable bonds is 6. The number of sulfonamides is 1. The average molecular weight is 289 g/mol. The molecule has 2 rings (SSSR count). The van der Waals surface area contributed by atoms with Crippen LogP contribution in [0.5, 0.6) is 0 Å². The summed E-state index contributed by atoms with van der Waals surface area (Å²) >= 11 is 1.70. The van der Waals surface area contributed by atoms with Gasteiger partial charge in [-0.1, -0.05) is 0 Å². The predicted octanol–water partition coefficient (Wildman–Crippen LogP) is -0.0639. The summed E-state index contributed by atoms with van der Waals surface area (Å²) < 4.78 is 26.6. The van der Waals surface area contributed by atoms with Gasteiger partial charge in [0, 0.05) is 11.3 Å². The van der Waals surface area contributed by atoms with E-state index >= 15 is 0 Å². The Morgan fingerprint density at radius 2 is 2.06 bits per heavy atom. The molecule has 0 amide bonds. The van der Waals surface area contributed by atoms with Crippen LogP contribution in [0.2, 0.25) is 0 Å². The molecule has 1 aromatic rings. The van der Waals surface area contributed by atoms with Crippen LogP contribution < -0.4 is 16.0 Å². The second-order valence-corrected chi connectivity index (χ2v) is 7.14. The van der Waals surface area contributed by atoms with Crippen molar-refractivity contribution >= 4 is 27.7 Å². The van der Waals surface area contributed by atoms with Gasteiger partial charge in [0.2, 0.25) is 16.0 Å². The van der Waals surface area contributed by atoms with Crippen LogP contribution in [-0.4, -0.2) is 35.9 Å². The van der Waals surface area contributed by atoms with Crippen LogP contribution in [0.15, 0.2) is 17.3 Å². The SMILES string of the molecule is CSC1(CNS(=O)(=O)c2cnc(NN)nc2)CC1. The molecule has 1 heterocycles. The molecule has 0 unspecified atom stereocenters. The fourth-order valence-corrected chi connectivity index (χ4v) is 3.27. The molecule has 0 aromatic carbocycles. The Bertz CT molecular complexity index is 512. The molecule has 0 aliphatic heterocycles. The normalized spacial score (nSPS) is 17.4. The molecule has 1 aliphatic carbocycles. The number of hydrogen-bond donors (Lipinski definition) is 3. The van der Waals surface area contributed by atoms with Crippen LogP contribution in [0.25, 0.3) is 0 Å². The molecule has 18 heavy (non-hydrogen) atoms. The predicted molar refractivity (Wildman–Crippen MR) is 70.5 cm³/mol. The molecule has 0 radical (unpaired) electrons. The summed E-state index contributed by atoms with van der Waals surface area (Å²) in [5, 5.41) is 0.